The molecule has 0 aliphatic carbocycles. The summed E-state index contributed by atoms with van der Waals surface area (Å²) in [5.74, 6) is -0.0588. The molecule has 2 rings (SSSR count). The average molecular weight is 262 g/mol. The maximum absolute atomic E-state index is 11.7. The molecule has 0 bridgehead atoms. The third kappa shape index (κ3) is 3.27. The van der Waals surface area contributed by atoms with Gasteiger partial charge in [-0.15, -0.1) is 5.10 Å². The van der Waals surface area contributed by atoms with Gasteiger partial charge in [0.25, 0.3) is 5.91 Å². The van der Waals surface area contributed by atoms with E-state index < -0.39 is 0 Å². The predicted molar refractivity (Wildman–Crippen MR) is 71.7 cm³/mol. The lowest BCUT2D eigenvalue weighted by molar-refractivity contribution is 0.0956. The lowest BCUT2D eigenvalue weighted by atomic mass is 10.2. The summed E-state index contributed by atoms with van der Waals surface area (Å²) >= 11 is 1.32. The summed E-state index contributed by atoms with van der Waals surface area (Å²) in [6, 6.07) is 7.39. The maximum atomic E-state index is 11.7. The molecule has 5 nitrogen and oxygen atoms in total. The summed E-state index contributed by atoms with van der Waals surface area (Å²) in [5.41, 5.74) is 2.44. The zero-order valence-corrected chi connectivity index (χ0v) is 10.8. The Morgan fingerprint density at radius 2 is 2.33 bits per heavy atom. The van der Waals surface area contributed by atoms with Gasteiger partial charge in [-0.3, -0.25) is 4.79 Å². The minimum atomic E-state index is -0.0588. The fourth-order valence-corrected chi connectivity index (χ4v) is 1.94. The van der Waals surface area contributed by atoms with Crippen molar-refractivity contribution in [3.63, 3.8) is 0 Å². The molecule has 0 aliphatic rings. The molecule has 6 heteroatoms. The van der Waals surface area contributed by atoms with E-state index in [0.717, 1.165) is 11.4 Å². The normalized spacial score (nSPS) is 10.1. The molecule has 0 spiro atoms. The number of rotatable bonds is 5. The molecule has 0 fully saturated rings. The summed E-state index contributed by atoms with van der Waals surface area (Å²) < 4.78 is 3.79. The molecule has 0 atom stereocenters. The zero-order chi connectivity index (χ0) is 12.8. The van der Waals surface area contributed by atoms with Gasteiger partial charge in [0, 0.05) is 23.2 Å². The lowest BCUT2D eigenvalue weighted by Gasteiger charge is -2.07. The van der Waals surface area contributed by atoms with Crippen LogP contribution in [0.4, 0.5) is 5.69 Å². The molecule has 94 valence electrons. The van der Waals surface area contributed by atoms with Gasteiger partial charge in [0.15, 0.2) is 0 Å². The van der Waals surface area contributed by atoms with Crippen molar-refractivity contribution in [2.45, 2.75) is 13.5 Å². The quantitative estimate of drug-likeness (QED) is 0.863. The molecule has 1 heterocycles. The molecule has 0 saturated carbocycles. The van der Waals surface area contributed by atoms with Crippen LogP contribution in [-0.4, -0.2) is 22.0 Å². The van der Waals surface area contributed by atoms with Crippen LogP contribution < -0.4 is 10.6 Å². The zero-order valence-electron chi connectivity index (χ0n) is 10.0. The molecule has 1 amide bonds. The lowest BCUT2D eigenvalue weighted by Crippen LogP contribution is -2.22. The Kier molecular flexibility index (Phi) is 4.25. The fraction of sp³-hybridized carbons (Fsp3) is 0.250. The number of nitrogens with zero attached hydrogens (tertiary/aromatic N) is 2. The molecule has 1 aromatic heterocycles. The molecule has 1 aromatic carbocycles. The van der Waals surface area contributed by atoms with E-state index in [9.17, 15) is 4.79 Å². The summed E-state index contributed by atoms with van der Waals surface area (Å²) in [6.45, 7) is 3.13. The van der Waals surface area contributed by atoms with Crippen molar-refractivity contribution in [2.75, 3.05) is 11.9 Å². The first-order chi connectivity index (χ1) is 8.79. The SMILES string of the molecule is CCNC(=O)c1cccc(NCc2csnn2)c1. The molecule has 2 N–H and O–H groups in total. The largest absolute Gasteiger partial charge is 0.379 e. The number of nitrogens with one attached hydrogen (secondary N) is 2. The first kappa shape index (κ1) is 12.5. The van der Waals surface area contributed by atoms with E-state index in [1.165, 1.54) is 11.5 Å². The molecular weight excluding hydrogens is 248 g/mol. The number of benzene rings is 1. The summed E-state index contributed by atoms with van der Waals surface area (Å²) in [5, 5.41) is 11.8. The summed E-state index contributed by atoms with van der Waals surface area (Å²) in [4.78, 5) is 11.7. The highest BCUT2D eigenvalue weighted by Crippen LogP contribution is 2.12. The van der Waals surface area contributed by atoms with Crippen molar-refractivity contribution in [1.29, 1.82) is 0 Å². The van der Waals surface area contributed by atoms with Crippen LogP contribution in [0.2, 0.25) is 0 Å². The highest BCUT2D eigenvalue weighted by atomic mass is 32.1. The first-order valence-corrected chi connectivity index (χ1v) is 6.51. The number of amides is 1. The second-order valence-electron chi connectivity index (χ2n) is 3.69. The van der Waals surface area contributed by atoms with Gasteiger partial charge in [-0.25, -0.2) is 0 Å². The highest BCUT2D eigenvalue weighted by molar-refractivity contribution is 7.03. The fourth-order valence-electron chi connectivity index (χ4n) is 1.49. The van der Waals surface area contributed by atoms with Crippen LogP contribution in [0.5, 0.6) is 0 Å². The Hall–Kier alpha value is -1.95. The van der Waals surface area contributed by atoms with Crippen molar-refractivity contribution in [2.24, 2.45) is 0 Å². The Bertz CT molecular complexity index is 513. The van der Waals surface area contributed by atoms with E-state index in [-0.39, 0.29) is 5.91 Å². The summed E-state index contributed by atoms with van der Waals surface area (Å²) in [6.07, 6.45) is 0. The standard InChI is InChI=1S/C12H14N4OS/c1-2-13-12(17)9-4-3-5-10(6-9)14-7-11-8-18-16-15-11/h3-6,8,14H,2,7H2,1H3,(H,13,17). The third-order valence-corrected chi connectivity index (χ3v) is 2.89. The topological polar surface area (TPSA) is 66.9 Å². The molecule has 0 aliphatic heterocycles. The van der Waals surface area contributed by atoms with Crippen molar-refractivity contribution >= 4 is 23.1 Å². The minimum absolute atomic E-state index is 0.0588. The monoisotopic (exact) mass is 262 g/mol. The van der Waals surface area contributed by atoms with Gasteiger partial charge in [-0.1, -0.05) is 10.6 Å². The van der Waals surface area contributed by atoms with E-state index in [1.54, 1.807) is 6.07 Å². The van der Waals surface area contributed by atoms with Gasteiger partial charge in [-0.05, 0) is 36.7 Å². The number of carbonyl (C=O) groups is 1. The average Bonchev–Trinajstić information content (AvgIpc) is 2.90. The summed E-state index contributed by atoms with van der Waals surface area (Å²) in [7, 11) is 0. The van der Waals surface area contributed by atoms with Crippen LogP contribution in [0, 0.1) is 0 Å². The van der Waals surface area contributed by atoms with E-state index in [4.69, 9.17) is 0 Å². The molecule has 2 aromatic rings. The van der Waals surface area contributed by atoms with Gasteiger partial charge < -0.3 is 10.6 Å². The van der Waals surface area contributed by atoms with Crippen LogP contribution >= 0.6 is 11.5 Å². The molecule has 0 saturated heterocycles. The van der Waals surface area contributed by atoms with Crippen molar-refractivity contribution in [1.82, 2.24) is 14.9 Å². The van der Waals surface area contributed by atoms with Crippen LogP contribution in [-0.2, 0) is 6.54 Å². The molecule has 0 unspecified atom stereocenters. The van der Waals surface area contributed by atoms with Crippen molar-refractivity contribution in [3.8, 4) is 0 Å². The van der Waals surface area contributed by atoms with E-state index in [2.05, 4.69) is 20.2 Å². The van der Waals surface area contributed by atoms with Gasteiger partial charge >= 0.3 is 0 Å². The van der Waals surface area contributed by atoms with E-state index in [0.29, 0.717) is 18.7 Å². The van der Waals surface area contributed by atoms with E-state index >= 15 is 0 Å². The second kappa shape index (κ2) is 6.11. The number of carbonyl (C=O) groups excluding carboxylic acids is 1. The second-order valence-corrected chi connectivity index (χ2v) is 4.30. The molecule has 0 radical (unpaired) electrons. The molecule has 18 heavy (non-hydrogen) atoms. The van der Waals surface area contributed by atoms with Gasteiger partial charge in [-0.2, -0.15) is 0 Å². The van der Waals surface area contributed by atoms with Crippen LogP contribution in [0.3, 0.4) is 0 Å². The number of hydrogen-bond acceptors (Lipinski definition) is 5. The van der Waals surface area contributed by atoms with Crippen molar-refractivity contribution < 1.29 is 4.79 Å². The highest BCUT2D eigenvalue weighted by Gasteiger charge is 2.04. The Balaban J connectivity index is 2.01. The predicted octanol–water partition coefficient (Wildman–Crippen LogP) is 1.90. The van der Waals surface area contributed by atoms with Gasteiger partial charge in [0.2, 0.25) is 0 Å². The van der Waals surface area contributed by atoms with Crippen LogP contribution in [0.25, 0.3) is 0 Å². The number of aromatic nitrogens is 2. The molecular formula is C12H14N4OS. The van der Waals surface area contributed by atoms with Gasteiger partial charge in [0.05, 0.1) is 12.2 Å². The van der Waals surface area contributed by atoms with Crippen molar-refractivity contribution in [3.05, 3.63) is 40.9 Å². The van der Waals surface area contributed by atoms with E-state index in [1.807, 2.05) is 30.5 Å². The van der Waals surface area contributed by atoms with Gasteiger partial charge in [0.1, 0.15) is 0 Å². The number of hydrogen-bond donors (Lipinski definition) is 2. The Labute approximate surface area is 109 Å². The first-order valence-electron chi connectivity index (χ1n) is 5.67. The number of anilines is 1. The van der Waals surface area contributed by atoms with Crippen LogP contribution in [0.1, 0.15) is 23.0 Å². The Morgan fingerprint density at radius 1 is 1.44 bits per heavy atom. The minimum Gasteiger partial charge on any atom is -0.379 e. The maximum Gasteiger partial charge on any atom is 0.251 e. The Morgan fingerprint density at radius 3 is 3.06 bits per heavy atom. The van der Waals surface area contributed by atoms with Crippen LogP contribution in [0.15, 0.2) is 29.6 Å². The third-order valence-electron chi connectivity index (χ3n) is 2.34. The smallest absolute Gasteiger partial charge is 0.251 e.